The number of benzene rings is 2. The Kier molecular flexibility index (Phi) is 4.97. The van der Waals surface area contributed by atoms with Crippen molar-refractivity contribution >= 4 is 17.6 Å². The highest BCUT2D eigenvalue weighted by atomic mass is 16.6. The molecule has 0 radical (unpaired) electrons. The Balaban J connectivity index is 1.89. The van der Waals surface area contributed by atoms with Gasteiger partial charge in [-0.3, -0.25) is 14.9 Å². The van der Waals surface area contributed by atoms with Crippen LogP contribution in [0, 0.1) is 16.0 Å². The van der Waals surface area contributed by atoms with Gasteiger partial charge in [0.15, 0.2) is 0 Å². The third kappa shape index (κ3) is 3.88. The first-order valence-corrected chi connectivity index (χ1v) is 8.23. The van der Waals surface area contributed by atoms with Crippen molar-refractivity contribution < 1.29 is 19.2 Å². The fourth-order valence-electron chi connectivity index (χ4n) is 2.87. The average molecular weight is 354 g/mol. The monoisotopic (exact) mass is 354 g/mol. The van der Waals surface area contributed by atoms with Gasteiger partial charge in [0.2, 0.25) is 0 Å². The van der Waals surface area contributed by atoms with Gasteiger partial charge in [-0.1, -0.05) is 30.3 Å². The van der Waals surface area contributed by atoms with Crippen molar-refractivity contribution in [1.29, 1.82) is 0 Å². The summed E-state index contributed by atoms with van der Waals surface area (Å²) in [7, 11) is 1.18. The van der Waals surface area contributed by atoms with Crippen LogP contribution in [0.1, 0.15) is 45.2 Å². The molecule has 1 N–H and O–H groups in total. The Morgan fingerprint density at radius 1 is 1.15 bits per heavy atom. The molecule has 0 bridgehead atoms. The van der Waals surface area contributed by atoms with Crippen LogP contribution in [0.3, 0.4) is 0 Å². The minimum Gasteiger partial charge on any atom is -0.465 e. The number of carbonyl (C=O) groups is 2. The van der Waals surface area contributed by atoms with Crippen LogP contribution in [0.15, 0.2) is 48.5 Å². The summed E-state index contributed by atoms with van der Waals surface area (Å²) in [6.07, 6.45) is 2.03. The van der Waals surface area contributed by atoms with Crippen molar-refractivity contribution in [3.63, 3.8) is 0 Å². The van der Waals surface area contributed by atoms with Gasteiger partial charge >= 0.3 is 5.97 Å². The summed E-state index contributed by atoms with van der Waals surface area (Å²) < 4.78 is 4.61. The van der Waals surface area contributed by atoms with Crippen LogP contribution in [-0.2, 0) is 4.74 Å². The van der Waals surface area contributed by atoms with Gasteiger partial charge in [-0.15, -0.1) is 0 Å². The molecule has 1 amide bonds. The fourth-order valence-corrected chi connectivity index (χ4v) is 2.87. The predicted molar refractivity (Wildman–Crippen MR) is 93.8 cm³/mol. The van der Waals surface area contributed by atoms with E-state index < -0.39 is 16.8 Å². The molecule has 134 valence electrons. The number of hydrogen-bond donors (Lipinski definition) is 1. The number of nitro groups is 1. The smallest absolute Gasteiger partial charge is 0.338 e. The zero-order chi connectivity index (χ0) is 18.7. The Labute approximate surface area is 150 Å². The maximum atomic E-state index is 12.7. The van der Waals surface area contributed by atoms with Crippen molar-refractivity contribution in [1.82, 2.24) is 5.32 Å². The number of nitro benzene ring substituents is 1. The minimum absolute atomic E-state index is 0.0328. The van der Waals surface area contributed by atoms with E-state index >= 15 is 0 Å². The molecular weight excluding hydrogens is 336 g/mol. The lowest BCUT2D eigenvalue weighted by molar-refractivity contribution is -0.384. The highest BCUT2D eigenvalue weighted by Gasteiger charge is 2.33. The summed E-state index contributed by atoms with van der Waals surface area (Å²) >= 11 is 0. The summed E-state index contributed by atoms with van der Waals surface area (Å²) in [6.45, 7) is 0. The molecule has 1 aliphatic carbocycles. The summed E-state index contributed by atoms with van der Waals surface area (Å²) in [5.41, 5.74) is 0.679. The summed E-state index contributed by atoms with van der Waals surface area (Å²) in [4.78, 5) is 34.9. The molecule has 1 saturated carbocycles. The molecule has 2 aromatic carbocycles. The lowest BCUT2D eigenvalue weighted by Gasteiger charge is -2.19. The molecule has 7 heteroatoms. The summed E-state index contributed by atoms with van der Waals surface area (Å²) in [5.74, 6) is -0.843. The Morgan fingerprint density at radius 3 is 2.38 bits per heavy atom. The molecule has 26 heavy (non-hydrogen) atoms. The third-order valence-corrected chi connectivity index (χ3v) is 4.35. The second-order valence-corrected chi connectivity index (χ2v) is 6.22. The fraction of sp³-hybridized carbons (Fsp3) is 0.263. The molecule has 1 atom stereocenters. The second kappa shape index (κ2) is 7.35. The first kappa shape index (κ1) is 17.6. The van der Waals surface area contributed by atoms with E-state index in [1.165, 1.54) is 13.2 Å². The van der Waals surface area contributed by atoms with Crippen molar-refractivity contribution in [2.24, 2.45) is 5.92 Å². The number of amides is 1. The first-order chi connectivity index (χ1) is 12.5. The summed E-state index contributed by atoms with van der Waals surface area (Å²) in [6, 6.07) is 13.0. The quantitative estimate of drug-likeness (QED) is 0.488. The number of carbonyl (C=O) groups excluding carboxylic acids is 2. The van der Waals surface area contributed by atoms with E-state index in [0.29, 0.717) is 5.92 Å². The van der Waals surface area contributed by atoms with Gasteiger partial charge in [0.1, 0.15) is 0 Å². The van der Waals surface area contributed by atoms with E-state index in [2.05, 4.69) is 10.1 Å². The third-order valence-electron chi connectivity index (χ3n) is 4.35. The van der Waals surface area contributed by atoms with Gasteiger partial charge in [0.05, 0.1) is 23.6 Å². The molecule has 0 saturated heterocycles. The zero-order valence-corrected chi connectivity index (χ0v) is 14.2. The number of hydrogen-bond acceptors (Lipinski definition) is 5. The maximum absolute atomic E-state index is 12.7. The standard InChI is InChI=1S/C19H18N2O5/c1-26-19(23)15-9-14(10-16(11-15)21(24)25)18(22)20-17(13-7-8-13)12-5-3-2-4-6-12/h2-6,9-11,13,17H,7-8H2,1H3,(H,20,22). The molecule has 1 fully saturated rings. The second-order valence-electron chi connectivity index (χ2n) is 6.22. The molecular formula is C19H18N2O5. The van der Waals surface area contributed by atoms with E-state index in [4.69, 9.17) is 0 Å². The van der Waals surface area contributed by atoms with Gasteiger partial charge in [-0.05, 0) is 30.4 Å². The van der Waals surface area contributed by atoms with Crippen molar-refractivity contribution in [2.75, 3.05) is 7.11 Å². The normalized spacial score (nSPS) is 14.3. The molecule has 7 nitrogen and oxygen atoms in total. The van der Waals surface area contributed by atoms with Crippen molar-refractivity contribution in [3.05, 3.63) is 75.3 Å². The Hall–Kier alpha value is -3.22. The first-order valence-electron chi connectivity index (χ1n) is 8.23. The van der Waals surface area contributed by atoms with Crippen LogP contribution in [0.4, 0.5) is 5.69 Å². The van der Waals surface area contributed by atoms with E-state index in [9.17, 15) is 19.7 Å². The van der Waals surface area contributed by atoms with Crippen LogP contribution < -0.4 is 5.32 Å². The number of rotatable bonds is 6. The number of non-ortho nitro benzene ring substituents is 1. The Bertz CT molecular complexity index is 846. The lowest BCUT2D eigenvalue weighted by Crippen LogP contribution is -2.30. The largest absolute Gasteiger partial charge is 0.465 e. The number of ether oxygens (including phenoxy) is 1. The molecule has 1 aliphatic rings. The van der Waals surface area contributed by atoms with E-state index in [1.807, 2.05) is 30.3 Å². The zero-order valence-electron chi connectivity index (χ0n) is 14.2. The number of esters is 1. The number of nitrogens with one attached hydrogen (secondary N) is 1. The molecule has 1 unspecified atom stereocenters. The van der Waals surface area contributed by atoms with Gasteiger partial charge in [0, 0.05) is 17.7 Å². The van der Waals surface area contributed by atoms with E-state index in [0.717, 1.165) is 30.5 Å². The molecule has 2 aromatic rings. The molecule has 0 spiro atoms. The molecule has 3 rings (SSSR count). The topological polar surface area (TPSA) is 98.5 Å². The van der Waals surface area contributed by atoms with Crippen molar-refractivity contribution in [2.45, 2.75) is 18.9 Å². The van der Waals surface area contributed by atoms with E-state index in [1.54, 1.807) is 0 Å². The van der Waals surface area contributed by atoms with Gasteiger partial charge in [0.25, 0.3) is 11.6 Å². The van der Waals surface area contributed by atoms with E-state index in [-0.39, 0.29) is 22.9 Å². The molecule has 0 aromatic heterocycles. The molecule has 0 heterocycles. The lowest BCUT2D eigenvalue weighted by atomic mass is 10.0. The Morgan fingerprint density at radius 2 is 1.81 bits per heavy atom. The molecule has 0 aliphatic heterocycles. The van der Waals surface area contributed by atoms with Gasteiger partial charge in [-0.25, -0.2) is 4.79 Å². The van der Waals surface area contributed by atoms with Crippen molar-refractivity contribution in [3.8, 4) is 0 Å². The van der Waals surface area contributed by atoms with Gasteiger partial charge < -0.3 is 10.1 Å². The predicted octanol–water partition coefficient (Wildman–Crippen LogP) is 3.26. The van der Waals surface area contributed by atoms with Crippen LogP contribution in [0.2, 0.25) is 0 Å². The summed E-state index contributed by atoms with van der Waals surface area (Å²) in [5, 5.41) is 14.1. The number of methoxy groups -OCH3 is 1. The minimum atomic E-state index is -0.732. The van der Waals surface area contributed by atoms with Gasteiger partial charge in [-0.2, -0.15) is 0 Å². The highest BCUT2D eigenvalue weighted by Crippen LogP contribution is 2.41. The van der Waals surface area contributed by atoms with Crippen LogP contribution in [-0.4, -0.2) is 23.9 Å². The maximum Gasteiger partial charge on any atom is 0.338 e. The van der Waals surface area contributed by atoms with Crippen LogP contribution >= 0.6 is 0 Å². The highest BCUT2D eigenvalue weighted by molar-refractivity contribution is 5.99. The SMILES string of the molecule is COC(=O)c1cc(C(=O)NC(c2ccccc2)C2CC2)cc([N+](=O)[O-])c1. The average Bonchev–Trinajstić information content (AvgIpc) is 3.50. The van der Waals surface area contributed by atoms with Crippen LogP contribution in [0.5, 0.6) is 0 Å². The van der Waals surface area contributed by atoms with Crippen LogP contribution in [0.25, 0.3) is 0 Å². The number of nitrogens with zero attached hydrogens (tertiary/aromatic N) is 1.